The standard InChI is InChI=1S/C14H29NO3/c1-5-7-15-12-10-13(18-11(3)6-2)14(12)17-9-8-16-4/h11-15H,5-10H2,1-4H3. The minimum atomic E-state index is 0.181. The molecule has 0 radical (unpaired) electrons. The molecule has 4 unspecified atom stereocenters. The van der Waals surface area contributed by atoms with E-state index in [0.717, 1.165) is 25.8 Å². The number of methoxy groups -OCH3 is 1. The predicted molar refractivity (Wildman–Crippen MR) is 72.9 cm³/mol. The van der Waals surface area contributed by atoms with Gasteiger partial charge in [-0.15, -0.1) is 0 Å². The highest BCUT2D eigenvalue weighted by Crippen LogP contribution is 2.29. The third-order valence-corrected chi connectivity index (χ3v) is 3.49. The lowest BCUT2D eigenvalue weighted by Crippen LogP contribution is -2.61. The van der Waals surface area contributed by atoms with E-state index in [0.29, 0.717) is 25.4 Å². The van der Waals surface area contributed by atoms with Gasteiger partial charge < -0.3 is 19.5 Å². The van der Waals surface area contributed by atoms with Gasteiger partial charge >= 0.3 is 0 Å². The summed E-state index contributed by atoms with van der Waals surface area (Å²) >= 11 is 0. The Morgan fingerprint density at radius 3 is 2.67 bits per heavy atom. The van der Waals surface area contributed by atoms with E-state index >= 15 is 0 Å². The number of ether oxygens (including phenoxy) is 3. The monoisotopic (exact) mass is 259 g/mol. The first kappa shape index (κ1) is 15.9. The number of nitrogens with one attached hydrogen (secondary N) is 1. The molecule has 0 amide bonds. The summed E-state index contributed by atoms with van der Waals surface area (Å²) in [5.74, 6) is 0. The molecule has 0 aromatic carbocycles. The molecule has 4 nitrogen and oxygen atoms in total. The summed E-state index contributed by atoms with van der Waals surface area (Å²) in [5.41, 5.74) is 0. The highest BCUT2D eigenvalue weighted by atomic mass is 16.6. The normalized spacial score (nSPS) is 29.0. The van der Waals surface area contributed by atoms with Crippen LogP contribution < -0.4 is 5.32 Å². The smallest absolute Gasteiger partial charge is 0.0991 e. The van der Waals surface area contributed by atoms with Crippen LogP contribution in [-0.4, -0.2) is 51.2 Å². The first-order valence-corrected chi connectivity index (χ1v) is 7.22. The van der Waals surface area contributed by atoms with E-state index in [1.54, 1.807) is 7.11 Å². The second-order valence-corrected chi connectivity index (χ2v) is 5.02. The van der Waals surface area contributed by atoms with Crippen molar-refractivity contribution in [2.45, 2.75) is 64.4 Å². The fraction of sp³-hybridized carbons (Fsp3) is 1.00. The van der Waals surface area contributed by atoms with Gasteiger partial charge in [-0.05, 0) is 32.7 Å². The van der Waals surface area contributed by atoms with Crippen molar-refractivity contribution in [1.82, 2.24) is 5.32 Å². The van der Waals surface area contributed by atoms with Gasteiger partial charge in [0.2, 0.25) is 0 Å². The second-order valence-electron chi connectivity index (χ2n) is 5.02. The van der Waals surface area contributed by atoms with E-state index in [9.17, 15) is 0 Å². The average Bonchev–Trinajstić information content (AvgIpc) is 2.37. The van der Waals surface area contributed by atoms with Crippen LogP contribution >= 0.6 is 0 Å². The first-order chi connectivity index (χ1) is 8.72. The molecule has 1 aliphatic carbocycles. The molecule has 1 fully saturated rings. The van der Waals surface area contributed by atoms with Crippen molar-refractivity contribution in [2.75, 3.05) is 26.9 Å². The Morgan fingerprint density at radius 1 is 1.28 bits per heavy atom. The van der Waals surface area contributed by atoms with Gasteiger partial charge in [0.15, 0.2) is 0 Å². The van der Waals surface area contributed by atoms with Crippen LogP contribution in [0.2, 0.25) is 0 Å². The lowest BCUT2D eigenvalue weighted by Gasteiger charge is -2.45. The molecule has 0 heterocycles. The summed E-state index contributed by atoms with van der Waals surface area (Å²) in [6.07, 6.45) is 4.00. The van der Waals surface area contributed by atoms with Crippen molar-refractivity contribution < 1.29 is 14.2 Å². The summed E-state index contributed by atoms with van der Waals surface area (Å²) in [4.78, 5) is 0. The molecule has 1 N–H and O–H groups in total. The van der Waals surface area contributed by atoms with Crippen molar-refractivity contribution in [3.05, 3.63) is 0 Å². The minimum absolute atomic E-state index is 0.181. The van der Waals surface area contributed by atoms with Gasteiger partial charge in [0.1, 0.15) is 0 Å². The molecule has 4 atom stereocenters. The summed E-state index contributed by atoms with van der Waals surface area (Å²) in [7, 11) is 1.70. The predicted octanol–water partition coefficient (Wildman–Crippen LogP) is 1.97. The zero-order valence-electron chi connectivity index (χ0n) is 12.3. The molecule has 1 rings (SSSR count). The van der Waals surface area contributed by atoms with Crippen LogP contribution in [0.15, 0.2) is 0 Å². The van der Waals surface area contributed by atoms with Gasteiger partial charge in [0.05, 0.1) is 31.5 Å². The molecule has 108 valence electrons. The van der Waals surface area contributed by atoms with Crippen LogP contribution in [0.4, 0.5) is 0 Å². The largest absolute Gasteiger partial charge is 0.382 e. The molecule has 1 saturated carbocycles. The maximum Gasteiger partial charge on any atom is 0.0991 e. The third-order valence-electron chi connectivity index (χ3n) is 3.49. The minimum Gasteiger partial charge on any atom is -0.382 e. The van der Waals surface area contributed by atoms with E-state index < -0.39 is 0 Å². The number of hydrogen-bond acceptors (Lipinski definition) is 4. The fourth-order valence-corrected chi connectivity index (χ4v) is 2.13. The zero-order valence-corrected chi connectivity index (χ0v) is 12.3. The Morgan fingerprint density at radius 2 is 2.06 bits per heavy atom. The Bertz CT molecular complexity index is 213. The first-order valence-electron chi connectivity index (χ1n) is 7.22. The molecule has 18 heavy (non-hydrogen) atoms. The maximum atomic E-state index is 5.98. The summed E-state index contributed by atoms with van der Waals surface area (Å²) in [6.45, 7) is 8.79. The molecular formula is C14H29NO3. The van der Waals surface area contributed by atoms with Crippen molar-refractivity contribution in [2.24, 2.45) is 0 Å². The highest BCUT2D eigenvalue weighted by Gasteiger charge is 2.42. The van der Waals surface area contributed by atoms with E-state index in [-0.39, 0.29) is 12.2 Å². The molecule has 4 heteroatoms. The van der Waals surface area contributed by atoms with Gasteiger partial charge in [-0.2, -0.15) is 0 Å². The summed E-state index contributed by atoms with van der Waals surface area (Å²) in [5, 5.41) is 3.52. The van der Waals surface area contributed by atoms with Crippen LogP contribution in [0.1, 0.15) is 40.0 Å². The molecule has 0 saturated heterocycles. The Kier molecular flexibility index (Phi) is 7.82. The zero-order chi connectivity index (χ0) is 13.4. The maximum absolute atomic E-state index is 5.98. The quantitative estimate of drug-likeness (QED) is 0.609. The SMILES string of the molecule is CCCNC1CC(OC(C)CC)C1OCCOC. The van der Waals surface area contributed by atoms with E-state index in [4.69, 9.17) is 14.2 Å². The summed E-state index contributed by atoms with van der Waals surface area (Å²) < 4.78 is 16.9. The van der Waals surface area contributed by atoms with E-state index in [2.05, 4.69) is 26.1 Å². The molecule has 0 aliphatic heterocycles. The molecule has 1 aliphatic rings. The Labute approximate surface area is 111 Å². The van der Waals surface area contributed by atoms with Crippen LogP contribution in [-0.2, 0) is 14.2 Å². The summed E-state index contributed by atoms with van der Waals surface area (Å²) in [6, 6.07) is 0.441. The molecule has 0 aromatic rings. The Hall–Kier alpha value is -0.160. The van der Waals surface area contributed by atoms with E-state index in [1.165, 1.54) is 0 Å². The van der Waals surface area contributed by atoms with Crippen molar-refractivity contribution in [3.63, 3.8) is 0 Å². The molecule has 0 aromatic heterocycles. The molecule has 0 spiro atoms. The van der Waals surface area contributed by atoms with Crippen LogP contribution in [0.3, 0.4) is 0 Å². The molecule has 0 bridgehead atoms. The van der Waals surface area contributed by atoms with Crippen LogP contribution in [0.25, 0.3) is 0 Å². The number of rotatable bonds is 10. The highest BCUT2D eigenvalue weighted by molar-refractivity contribution is 4.97. The van der Waals surface area contributed by atoms with Crippen LogP contribution in [0, 0.1) is 0 Å². The van der Waals surface area contributed by atoms with Crippen LogP contribution in [0.5, 0.6) is 0 Å². The van der Waals surface area contributed by atoms with Crippen molar-refractivity contribution in [3.8, 4) is 0 Å². The lowest BCUT2D eigenvalue weighted by atomic mass is 9.85. The lowest BCUT2D eigenvalue weighted by molar-refractivity contribution is -0.168. The topological polar surface area (TPSA) is 39.7 Å². The Balaban J connectivity index is 2.33. The fourth-order valence-electron chi connectivity index (χ4n) is 2.13. The van der Waals surface area contributed by atoms with Gasteiger partial charge in [0, 0.05) is 13.2 Å². The second kappa shape index (κ2) is 8.86. The molecular weight excluding hydrogens is 230 g/mol. The average molecular weight is 259 g/mol. The van der Waals surface area contributed by atoms with E-state index in [1.807, 2.05) is 0 Å². The number of hydrogen-bond donors (Lipinski definition) is 1. The van der Waals surface area contributed by atoms with Gasteiger partial charge in [-0.25, -0.2) is 0 Å². The van der Waals surface area contributed by atoms with Crippen molar-refractivity contribution >= 4 is 0 Å². The van der Waals surface area contributed by atoms with Gasteiger partial charge in [0.25, 0.3) is 0 Å². The van der Waals surface area contributed by atoms with Crippen molar-refractivity contribution in [1.29, 1.82) is 0 Å². The third kappa shape index (κ3) is 4.84. The van der Waals surface area contributed by atoms with Gasteiger partial charge in [-0.3, -0.25) is 0 Å². The van der Waals surface area contributed by atoms with Gasteiger partial charge in [-0.1, -0.05) is 13.8 Å².